The molecule has 5 atom stereocenters. The first kappa shape index (κ1) is 19.6. The standard InChI is InChI=1S/C34H26O/c1-3-9-25-21(7-1)15-16-23-19-24(17-18-27(23)25)28-11-5-14-31-30-13-6-12-29-26-10-4-2-8-22(26)20-32(33(29)30)35-34(28)31/h1-12,14-20,30-34H,13H2. The lowest BCUT2D eigenvalue weighted by Crippen LogP contribution is -2.52. The molecule has 1 saturated heterocycles. The Morgan fingerprint density at radius 1 is 0.800 bits per heavy atom. The van der Waals surface area contributed by atoms with E-state index in [0.717, 1.165) is 6.42 Å². The van der Waals surface area contributed by atoms with Crippen molar-refractivity contribution in [2.75, 3.05) is 0 Å². The molecule has 0 bridgehead atoms. The largest absolute Gasteiger partial charge is 0.365 e. The van der Waals surface area contributed by atoms with E-state index in [2.05, 4.69) is 115 Å². The summed E-state index contributed by atoms with van der Waals surface area (Å²) in [6, 6.07) is 28.9. The van der Waals surface area contributed by atoms with Crippen LogP contribution in [0.2, 0.25) is 0 Å². The minimum atomic E-state index is 0.0819. The normalized spacial score (nSPS) is 28.2. The predicted molar refractivity (Wildman–Crippen MR) is 145 cm³/mol. The Balaban J connectivity index is 1.24. The Kier molecular flexibility index (Phi) is 4.15. The second kappa shape index (κ2) is 7.41. The van der Waals surface area contributed by atoms with E-state index < -0.39 is 0 Å². The molecule has 3 aliphatic carbocycles. The van der Waals surface area contributed by atoms with Gasteiger partial charge in [-0.2, -0.15) is 0 Å². The van der Waals surface area contributed by atoms with Crippen molar-refractivity contribution in [3.63, 3.8) is 0 Å². The second-order valence-corrected chi connectivity index (χ2v) is 10.4. The molecule has 4 aliphatic rings. The molecule has 1 aliphatic heterocycles. The van der Waals surface area contributed by atoms with Crippen LogP contribution in [0.3, 0.4) is 0 Å². The van der Waals surface area contributed by atoms with Crippen molar-refractivity contribution in [2.45, 2.75) is 18.6 Å². The van der Waals surface area contributed by atoms with Crippen LogP contribution in [0.15, 0.2) is 109 Å². The van der Waals surface area contributed by atoms with E-state index in [1.54, 1.807) is 0 Å². The average Bonchev–Trinajstić information content (AvgIpc) is 2.92. The fraction of sp³-hybridized carbons (Fsp3) is 0.176. The zero-order valence-corrected chi connectivity index (χ0v) is 19.5. The first-order valence-corrected chi connectivity index (χ1v) is 12.8. The summed E-state index contributed by atoms with van der Waals surface area (Å²) in [5.41, 5.74) is 4.05. The first-order chi connectivity index (χ1) is 17.3. The molecule has 1 nitrogen and oxygen atoms in total. The van der Waals surface area contributed by atoms with Gasteiger partial charge in [0.05, 0.1) is 12.2 Å². The van der Waals surface area contributed by atoms with Gasteiger partial charge in [-0.05, 0) is 73.2 Å². The van der Waals surface area contributed by atoms with E-state index in [9.17, 15) is 0 Å². The topological polar surface area (TPSA) is 9.23 Å². The van der Waals surface area contributed by atoms with Gasteiger partial charge < -0.3 is 4.74 Å². The molecule has 1 heterocycles. The predicted octanol–water partition coefficient (Wildman–Crippen LogP) is 6.17. The maximum Gasteiger partial charge on any atom is 0.0904 e. The van der Waals surface area contributed by atoms with Gasteiger partial charge in [-0.15, -0.1) is 0 Å². The molecule has 0 amide bonds. The summed E-state index contributed by atoms with van der Waals surface area (Å²) < 4.78 is 7.01. The van der Waals surface area contributed by atoms with Crippen molar-refractivity contribution in [1.29, 1.82) is 0 Å². The highest BCUT2D eigenvalue weighted by Gasteiger charge is 2.48. The van der Waals surface area contributed by atoms with Crippen molar-refractivity contribution < 1.29 is 4.74 Å². The third-order valence-electron chi connectivity index (χ3n) is 8.64. The van der Waals surface area contributed by atoms with Crippen molar-refractivity contribution in [3.05, 3.63) is 125 Å². The van der Waals surface area contributed by atoms with Crippen molar-refractivity contribution >= 4 is 38.8 Å². The monoisotopic (exact) mass is 450 g/mol. The summed E-state index contributed by atoms with van der Waals surface area (Å²) in [4.78, 5) is 0. The third kappa shape index (κ3) is 2.85. The summed E-state index contributed by atoms with van der Waals surface area (Å²) in [5, 5.41) is 7.90. The molecule has 1 heteroatoms. The molecule has 35 heavy (non-hydrogen) atoms. The average molecular weight is 451 g/mol. The van der Waals surface area contributed by atoms with Gasteiger partial charge in [0.1, 0.15) is 0 Å². The Bertz CT molecular complexity index is 1730. The lowest BCUT2D eigenvalue weighted by atomic mass is 9.63. The quantitative estimate of drug-likeness (QED) is 0.315. The number of benzene rings is 4. The fourth-order valence-electron chi connectivity index (χ4n) is 7.08. The number of hydrogen-bond donors (Lipinski definition) is 0. The Labute approximate surface area is 205 Å². The van der Waals surface area contributed by atoms with Gasteiger partial charge in [-0.3, -0.25) is 0 Å². The molecule has 0 saturated carbocycles. The molecule has 0 spiro atoms. The van der Waals surface area contributed by atoms with Gasteiger partial charge in [-0.25, -0.2) is 0 Å². The highest BCUT2D eigenvalue weighted by atomic mass is 16.5. The van der Waals surface area contributed by atoms with Crippen LogP contribution in [0.1, 0.15) is 12.0 Å². The summed E-state index contributed by atoms with van der Waals surface area (Å²) in [6.45, 7) is 0. The lowest BCUT2D eigenvalue weighted by Gasteiger charge is -2.50. The van der Waals surface area contributed by atoms with Crippen LogP contribution >= 0.6 is 0 Å². The van der Waals surface area contributed by atoms with Crippen LogP contribution in [0.5, 0.6) is 0 Å². The van der Waals surface area contributed by atoms with E-state index in [1.807, 2.05) is 0 Å². The highest BCUT2D eigenvalue weighted by Crippen LogP contribution is 2.50. The van der Waals surface area contributed by atoms with Crippen LogP contribution in [0.25, 0.3) is 38.8 Å². The van der Waals surface area contributed by atoms with Crippen LogP contribution in [-0.4, -0.2) is 12.2 Å². The number of allylic oxidation sites excluding steroid dienone is 4. The number of rotatable bonds is 1. The Morgan fingerprint density at radius 2 is 1.66 bits per heavy atom. The molecular weight excluding hydrogens is 424 g/mol. The summed E-state index contributed by atoms with van der Waals surface area (Å²) in [7, 11) is 0. The van der Waals surface area contributed by atoms with Crippen molar-refractivity contribution in [2.24, 2.45) is 17.8 Å². The van der Waals surface area contributed by atoms with Gasteiger partial charge in [0.25, 0.3) is 0 Å². The van der Waals surface area contributed by atoms with Crippen LogP contribution in [-0.2, 0) is 4.74 Å². The molecule has 4 aromatic rings. The minimum absolute atomic E-state index is 0.0819. The van der Waals surface area contributed by atoms with E-state index in [1.165, 1.54) is 48.7 Å². The number of ether oxygens (including phenoxy) is 1. The summed E-state index contributed by atoms with van der Waals surface area (Å²) >= 11 is 0. The molecule has 8 rings (SSSR count). The van der Waals surface area contributed by atoms with Crippen molar-refractivity contribution in [3.8, 4) is 0 Å². The third-order valence-corrected chi connectivity index (χ3v) is 8.64. The molecular formula is C34H26O. The Hall–Kier alpha value is -3.68. The molecule has 0 aromatic heterocycles. The minimum Gasteiger partial charge on any atom is -0.365 e. The van der Waals surface area contributed by atoms with E-state index in [-0.39, 0.29) is 12.2 Å². The zero-order chi connectivity index (χ0) is 22.9. The van der Waals surface area contributed by atoms with Crippen molar-refractivity contribution in [1.82, 2.24) is 0 Å². The van der Waals surface area contributed by atoms with Crippen LogP contribution < -0.4 is 10.4 Å². The van der Waals surface area contributed by atoms with Gasteiger partial charge in [0.2, 0.25) is 0 Å². The molecule has 4 aromatic carbocycles. The molecule has 168 valence electrons. The van der Waals surface area contributed by atoms with Gasteiger partial charge in [0, 0.05) is 11.8 Å². The SMILES string of the molecule is C1=CC2C(OC3C=c4ccccc4=C4C=CCC2C43)C(c2ccc3c(ccc4ccccc43)c2)=C1. The lowest BCUT2D eigenvalue weighted by molar-refractivity contribution is -0.0634. The zero-order valence-electron chi connectivity index (χ0n) is 19.5. The first-order valence-electron chi connectivity index (χ1n) is 12.8. The number of fused-ring (bicyclic) bond motifs is 6. The van der Waals surface area contributed by atoms with Gasteiger partial charge in [-0.1, -0.05) is 103 Å². The maximum atomic E-state index is 7.01. The Morgan fingerprint density at radius 3 is 2.66 bits per heavy atom. The smallest absolute Gasteiger partial charge is 0.0904 e. The fourth-order valence-corrected chi connectivity index (χ4v) is 7.08. The van der Waals surface area contributed by atoms with Crippen LogP contribution in [0.4, 0.5) is 0 Å². The second-order valence-electron chi connectivity index (χ2n) is 10.4. The molecule has 0 radical (unpaired) electrons. The maximum absolute atomic E-state index is 7.01. The molecule has 0 N–H and O–H groups in total. The summed E-state index contributed by atoms with van der Waals surface area (Å²) in [5.74, 6) is 1.39. The van der Waals surface area contributed by atoms with Gasteiger partial charge in [0.15, 0.2) is 0 Å². The van der Waals surface area contributed by atoms with E-state index in [4.69, 9.17) is 4.74 Å². The number of hydrogen-bond acceptors (Lipinski definition) is 1. The summed E-state index contributed by atoms with van der Waals surface area (Å²) in [6.07, 6.45) is 15.4. The molecule has 1 fully saturated rings. The highest BCUT2D eigenvalue weighted by molar-refractivity contribution is 6.08. The van der Waals surface area contributed by atoms with E-state index in [0.29, 0.717) is 17.8 Å². The van der Waals surface area contributed by atoms with E-state index >= 15 is 0 Å². The van der Waals surface area contributed by atoms with Crippen LogP contribution in [0, 0.1) is 17.8 Å². The molecule has 5 unspecified atom stereocenters. The van der Waals surface area contributed by atoms with Gasteiger partial charge >= 0.3 is 0 Å².